The van der Waals surface area contributed by atoms with Crippen molar-refractivity contribution in [2.45, 2.75) is 26.2 Å². The Balaban J connectivity index is 1.91. The largest absolute Gasteiger partial charge is 0.485 e. The van der Waals surface area contributed by atoms with Crippen molar-refractivity contribution in [2.75, 3.05) is 6.61 Å². The highest BCUT2D eigenvalue weighted by Crippen LogP contribution is 2.37. The summed E-state index contributed by atoms with van der Waals surface area (Å²) in [7, 11) is 0. The number of halogens is 2. The van der Waals surface area contributed by atoms with Gasteiger partial charge < -0.3 is 19.3 Å². The molecule has 3 aromatic rings. The second kappa shape index (κ2) is 11.0. The average molecular weight is 461 g/mol. The van der Waals surface area contributed by atoms with Crippen LogP contribution in [0.25, 0.3) is 0 Å². The Labute approximate surface area is 191 Å². The smallest absolute Gasteiger partial charge is 0.339 e. The van der Waals surface area contributed by atoms with Gasteiger partial charge >= 0.3 is 5.97 Å². The minimum atomic E-state index is -1.52. The zero-order chi connectivity index (χ0) is 22.2. The summed E-state index contributed by atoms with van der Waals surface area (Å²) in [6.45, 7) is 2.12. The molecule has 0 spiro atoms. The monoisotopic (exact) mass is 460 g/mol. The number of esters is 1. The van der Waals surface area contributed by atoms with Crippen molar-refractivity contribution < 1.29 is 24.1 Å². The Morgan fingerprint density at radius 2 is 1.45 bits per heavy atom. The van der Waals surface area contributed by atoms with Crippen molar-refractivity contribution in [3.05, 3.63) is 93.5 Å². The van der Waals surface area contributed by atoms with Gasteiger partial charge in [-0.25, -0.2) is 4.79 Å². The fraction of sp³-hybridized carbons (Fsp3) is 0.208. The van der Waals surface area contributed by atoms with E-state index in [1.54, 1.807) is 37.3 Å². The zero-order valence-corrected chi connectivity index (χ0v) is 18.4. The Morgan fingerprint density at radius 3 is 2.03 bits per heavy atom. The highest BCUT2D eigenvalue weighted by molar-refractivity contribution is 6.31. The van der Waals surface area contributed by atoms with Gasteiger partial charge in [-0.15, -0.1) is 0 Å². The average Bonchev–Trinajstić information content (AvgIpc) is 2.78. The number of carbonyl (C=O) groups excluding carboxylic acids is 1. The van der Waals surface area contributed by atoms with Crippen LogP contribution < -0.4 is 9.47 Å². The van der Waals surface area contributed by atoms with Crippen LogP contribution in [0.5, 0.6) is 11.5 Å². The summed E-state index contributed by atoms with van der Waals surface area (Å²) >= 11 is 12.5. The molecule has 162 valence electrons. The molecule has 0 saturated carbocycles. The highest BCUT2D eigenvalue weighted by atomic mass is 35.5. The van der Waals surface area contributed by atoms with Crippen LogP contribution >= 0.6 is 23.2 Å². The van der Waals surface area contributed by atoms with Gasteiger partial charge in [0.2, 0.25) is 0 Å². The number of ether oxygens (including phenoxy) is 3. The van der Waals surface area contributed by atoms with Crippen LogP contribution in [-0.2, 0) is 22.7 Å². The topological polar surface area (TPSA) is 65.0 Å². The number of hydrogen-bond donors (Lipinski definition) is 1. The quantitative estimate of drug-likeness (QED) is 0.412. The molecular weight excluding hydrogens is 439 g/mol. The Morgan fingerprint density at radius 1 is 0.871 bits per heavy atom. The van der Waals surface area contributed by atoms with Crippen molar-refractivity contribution >= 4 is 29.2 Å². The Kier molecular flexibility index (Phi) is 8.18. The maximum absolute atomic E-state index is 12.2. The zero-order valence-electron chi connectivity index (χ0n) is 16.9. The third-order valence-electron chi connectivity index (χ3n) is 4.48. The molecule has 0 aliphatic carbocycles. The van der Waals surface area contributed by atoms with E-state index in [0.29, 0.717) is 15.8 Å². The van der Waals surface area contributed by atoms with Crippen LogP contribution in [0.2, 0.25) is 10.0 Å². The van der Waals surface area contributed by atoms with Gasteiger partial charge in [-0.05, 0) is 25.1 Å². The molecule has 0 amide bonds. The predicted molar refractivity (Wildman–Crippen MR) is 120 cm³/mol. The first kappa shape index (κ1) is 22.9. The van der Waals surface area contributed by atoms with E-state index in [-0.39, 0.29) is 31.1 Å². The van der Waals surface area contributed by atoms with Gasteiger partial charge in [-0.1, -0.05) is 71.7 Å². The first-order valence-electron chi connectivity index (χ1n) is 9.71. The van der Waals surface area contributed by atoms with E-state index >= 15 is 0 Å². The summed E-state index contributed by atoms with van der Waals surface area (Å²) in [6, 6.07) is 19.5. The lowest BCUT2D eigenvalue weighted by molar-refractivity contribution is -0.153. The summed E-state index contributed by atoms with van der Waals surface area (Å²) in [6.07, 6.45) is -1.52. The molecule has 0 aliphatic rings. The van der Waals surface area contributed by atoms with Gasteiger partial charge in [-0.3, -0.25) is 0 Å². The van der Waals surface area contributed by atoms with Crippen LogP contribution in [0.1, 0.15) is 29.7 Å². The third kappa shape index (κ3) is 5.91. The van der Waals surface area contributed by atoms with E-state index in [4.69, 9.17) is 37.4 Å². The summed E-state index contributed by atoms with van der Waals surface area (Å²) < 4.78 is 16.9. The lowest BCUT2D eigenvalue weighted by atomic mass is 10.1. The number of aliphatic hydroxyl groups is 1. The minimum Gasteiger partial charge on any atom is -0.485 e. The molecule has 0 aromatic heterocycles. The molecule has 0 fully saturated rings. The number of aliphatic hydroxyl groups excluding tert-OH is 1. The Bertz CT molecular complexity index is 1040. The third-order valence-corrected chi connectivity index (χ3v) is 5.22. The van der Waals surface area contributed by atoms with Crippen LogP contribution in [0.4, 0.5) is 0 Å². The summed E-state index contributed by atoms with van der Waals surface area (Å²) in [5, 5.41) is 11.7. The molecule has 0 bridgehead atoms. The normalized spacial score (nSPS) is 11.6. The molecular formula is C24H22Cl2O5. The molecule has 0 saturated heterocycles. The maximum Gasteiger partial charge on any atom is 0.339 e. The van der Waals surface area contributed by atoms with Crippen LogP contribution in [0.15, 0.2) is 66.7 Å². The molecule has 7 heteroatoms. The molecule has 1 N–H and O–H groups in total. The maximum atomic E-state index is 12.2. The van der Waals surface area contributed by atoms with Crippen molar-refractivity contribution in [2.24, 2.45) is 0 Å². The van der Waals surface area contributed by atoms with E-state index in [2.05, 4.69) is 0 Å². The molecule has 3 rings (SSSR count). The predicted octanol–water partition coefficient (Wildman–Crippen LogP) is 5.75. The van der Waals surface area contributed by atoms with Gasteiger partial charge in [-0.2, -0.15) is 0 Å². The number of hydrogen-bond acceptors (Lipinski definition) is 5. The fourth-order valence-corrected chi connectivity index (χ4v) is 3.28. The second-order valence-electron chi connectivity index (χ2n) is 6.59. The van der Waals surface area contributed by atoms with E-state index < -0.39 is 12.1 Å². The van der Waals surface area contributed by atoms with E-state index in [1.165, 1.54) is 0 Å². The molecule has 3 aromatic carbocycles. The van der Waals surface area contributed by atoms with Crippen LogP contribution in [-0.4, -0.2) is 17.7 Å². The highest BCUT2D eigenvalue weighted by Gasteiger charge is 2.25. The molecule has 31 heavy (non-hydrogen) atoms. The summed E-state index contributed by atoms with van der Waals surface area (Å²) in [5.74, 6) is -0.184. The van der Waals surface area contributed by atoms with E-state index in [9.17, 15) is 9.90 Å². The SMILES string of the molecule is CCOC(=O)C(O)c1cccc(OCc2ccccc2Cl)c1OCc1ccccc1Cl. The van der Waals surface area contributed by atoms with Crippen LogP contribution in [0, 0.1) is 0 Å². The van der Waals surface area contributed by atoms with E-state index in [1.807, 2.05) is 36.4 Å². The molecule has 1 atom stereocenters. The first-order chi connectivity index (χ1) is 15.0. The Hall–Kier alpha value is -2.73. The first-order valence-corrected chi connectivity index (χ1v) is 10.5. The number of para-hydroxylation sites is 1. The van der Waals surface area contributed by atoms with Crippen molar-refractivity contribution in [1.82, 2.24) is 0 Å². The number of benzene rings is 3. The van der Waals surface area contributed by atoms with Gasteiger partial charge in [0, 0.05) is 26.7 Å². The molecule has 1 unspecified atom stereocenters. The number of rotatable bonds is 9. The number of carbonyl (C=O) groups is 1. The standard InChI is InChI=1S/C24H22Cl2O5/c1-2-29-24(28)22(27)18-10-7-13-21(30-14-16-8-3-5-11-19(16)25)23(18)31-15-17-9-4-6-12-20(17)26/h3-13,22,27H,2,14-15H2,1H3. The lowest BCUT2D eigenvalue weighted by Gasteiger charge is -2.19. The van der Waals surface area contributed by atoms with Gasteiger partial charge in [0.1, 0.15) is 13.2 Å². The summed E-state index contributed by atoms with van der Waals surface area (Å²) in [5.41, 5.74) is 1.78. The molecule has 0 heterocycles. The van der Waals surface area contributed by atoms with Crippen molar-refractivity contribution in [1.29, 1.82) is 0 Å². The molecule has 5 nitrogen and oxygen atoms in total. The fourth-order valence-electron chi connectivity index (χ4n) is 2.90. The molecule has 0 aliphatic heterocycles. The van der Waals surface area contributed by atoms with E-state index in [0.717, 1.165) is 11.1 Å². The van der Waals surface area contributed by atoms with Gasteiger partial charge in [0.15, 0.2) is 17.6 Å². The lowest BCUT2D eigenvalue weighted by Crippen LogP contribution is -2.17. The van der Waals surface area contributed by atoms with Crippen molar-refractivity contribution in [3.8, 4) is 11.5 Å². The van der Waals surface area contributed by atoms with Gasteiger partial charge in [0.25, 0.3) is 0 Å². The molecule has 0 radical (unpaired) electrons. The van der Waals surface area contributed by atoms with Gasteiger partial charge in [0.05, 0.1) is 6.61 Å². The van der Waals surface area contributed by atoms with Crippen molar-refractivity contribution in [3.63, 3.8) is 0 Å². The minimum absolute atomic E-state index is 0.120. The summed E-state index contributed by atoms with van der Waals surface area (Å²) in [4.78, 5) is 12.2. The van der Waals surface area contributed by atoms with Crippen LogP contribution in [0.3, 0.4) is 0 Å². The second-order valence-corrected chi connectivity index (χ2v) is 7.40.